The fourth-order valence-electron chi connectivity index (χ4n) is 2.10. The highest BCUT2D eigenvalue weighted by molar-refractivity contribution is 5.99. The zero-order valence-corrected chi connectivity index (χ0v) is 13.3. The van der Waals surface area contributed by atoms with Crippen molar-refractivity contribution in [3.8, 4) is 0 Å². The molecular weight excluding hydrogens is 320 g/mol. The van der Waals surface area contributed by atoms with Crippen molar-refractivity contribution >= 4 is 23.3 Å². The molecule has 1 N–H and O–H groups in total. The van der Waals surface area contributed by atoms with Gasteiger partial charge in [0.25, 0.3) is 0 Å². The third-order valence-electron chi connectivity index (χ3n) is 3.28. The monoisotopic (exact) mass is 336 g/mol. The maximum atomic E-state index is 12.0. The Balaban J connectivity index is 2.01. The fraction of sp³-hybridized carbons (Fsp3) is 0.385. The number of anilines is 1. The van der Waals surface area contributed by atoms with Crippen LogP contribution in [0, 0.1) is 17.0 Å². The van der Waals surface area contributed by atoms with Crippen LogP contribution in [0.5, 0.6) is 0 Å². The number of carbonyl (C=O) groups excluding carboxylic acids is 2. The largest absolute Gasteiger partial charge is 0.464 e. The van der Waals surface area contributed by atoms with Crippen LogP contribution in [-0.4, -0.2) is 43.5 Å². The van der Waals surface area contributed by atoms with E-state index in [2.05, 4.69) is 20.3 Å². The minimum atomic E-state index is -0.622. The van der Waals surface area contributed by atoms with Gasteiger partial charge in [0.2, 0.25) is 5.91 Å². The first-order chi connectivity index (χ1) is 11.3. The van der Waals surface area contributed by atoms with Gasteiger partial charge in [-0.15, -0.1) is 0 Å². The van der Waals surface area contributed by atoms with Gasteiger partial charge < -0.3 is 10.1 Å². The molecular formula is C13H16N6O5. The SMILES string of the molecule is COC(=O)c1c(NC(=O)CCn2cc([N+](=O)[O-])c(C)n2)cnn1C. The van der Waals surface area contributed by atoms with Gasteiger partial charge in [-0.3, -0.25) is 24.3 Å². The summed E-state index contributed by atoms with van der Waals surface area (Å²) in [6.45, 7) is 1.68. The summed E-state index contributed by atoms with van der Waals surface area (Å²) in [4.78, 5) is 33.9. The highest BCUT2D eigenvalue weighted by Crippen LogP contribution is 2.17. The second kappa shape index (κ2) is 6.89. The lowest BCUT2D eigenvalue weighted by Gasteiger charge is -2.06. The van der Waals surface area contributed by atoms with Crippen molar-refractivity contribution in [2.24, 2.45) is 7.05 Å². The van der Waals surface area contributed by atoms with Gasteiger partial charge in [0.05, 0.1) is 23.9 Å². The van der Waals surface area contributed by atoms with Crippen molar-refractivity contribution in [3.63, 3.8) is 0 Å². The van der Waals surface area contributed by atoms with Crippen LogP contribution < -0.4 is 5.32 Å². The van der Waals surface area contributed by atoms with Crippen molar-refractivity contribution in [3.05, 3.63) is 33.9 Å². The molecule has 1 amide bonds. The molecule has 0 saturated carbocycles. The first-order valence-electron chi connectivity index (χ1n) is 6.92. The minimum Gasteiger partial charge on any atom is -0.464 e. The summed E-state index contributed by atoms with van der Waals surface area (Å²) in [7, 11) is 2.78. The van der Waals surface area contributed by atoms with E-state index in [0.29, 0.717) is 0 Å². The van der Waals surface area contributed by atoms with Crippen LogP contribution in [0.15, 0.2) is 12.4 Å². The number of nitro groups is 1. The van der Waals surface area contributed by atoms with Gasteiger partial charge in [-0.1, -0.05) is 0 Å². The fourth-order valence-corrected chi connectivity index (χ4v) is 2.10. The Hall–Kier alpha value is -3.24. The van der Waals surface area contributed by atoms with Crippen LogP contribution in [0.2, 0.25) is 0 Å². The Morgan fingerprint density at radius 3 is 2.75 bits per heavy atom. The van der Waals surface area contributed by atoms with E-state index in [4.69, 9.17) is 0 Å². The Morgan fingerprint density at radius 2 is 2.17 bits per heavy atom. The molecule has 0 spiro atoms. The number of amides is 1. The molecule has 0 saturated heterocycles. The Bertz CT molecular complexity index is 793. The maximum absolute atomic E-state index is 12.0. The summed E-state index contributed by atoms with van der Waals surface area (Å²) >= 11 is 0. The van der Waals surface area contributed by atoms with Crippen LogP contribution in [0.3, 0.4) is 0 Å². The van der Waals surface area contributed by atoms with E-state index in [9.17, 15) is 19.7 Å². The van der Waals surface area contributed by atoms with Gasteiger partial charge in [-0.25, -0.2) is 4.79 Å². The number of aromatic nitrogens is 4. The zero-order chi connectivity index (χ0) is 17.9. The lowest BCUT2D eigenvalue weighted by molar-refractivity contribution is -0.385. The van der Waals surface area contributed by atoms with E-state index in [-0.39, 0.29) is 41.6 Å². The lowest BCUT2D eigenvalue weighted by atomic mass is 10.3. The van der Waals surface area contributed by atoms with E-state index in [1.54, 1.807) is 7.05 Å². The number of hydrogen-bond donors (Lipinski definition) is 1. The predicted molar refractivity (Wildman–Crippen MR) is 81.4 cm³/mol. The molecule has 0 atom stereocenters. The molecule has 24 heavy (non-hydrogen) atoms. The number of esters is 1. The van der Waals surface area contributed by atoms with Gasteiger partial charge in [0, 0.05) is 20.0 Å². The van der Waals surface area contributed by atoms with E-state index >= 15 is 0 Å². The molecule has 0 radical (unpaired) electrons. The molecule has 128 valence electrons. The smallest absolute Gasteiger partial charge is 0.358 e. The molecule has 0 aromatic carbocycles. The Labute approximate surface area is 136 Å². The number of methoxy groups -OCH3 is 1. The molecule has 11 nitrogen and oxygen atoms in total. The molecule has 0 bridgehead atoms. The Morgan fingerprint density at radius 1 is 1.46 bits per heavy atom. The highest BCUT2D eigenvalue weighted by atomic mass is 16.6. The lowest BCUT2D eigenvalue weighted by Crippen LogP contribution is -2.18. The minimum absolute atomic E-state index is 0.0216. The normalized spacial score (nSPS) is 10.5. The average molecular weight is 336 g/mol. The molecule has 0 aliphatic heterocycles. The average Bonchev–Trinajstić information content (AvgIpc) is 3.07. The number of aryl methyl sites for hydroxylation is 3. The molecule has 2 aromatic heterocycles. The van der Waals surface area contributed by atoms with Crippen LogP contribution in [0.1, 0.15) is 22.6 Å². The molecule has 2 aromatic rings. The third-order valence-corrected chi connectivity index (χ3v) is 3.28. The van der Waals surface area contributed by atoms with Crippen molar-refractivity contribution in [2.75, 3.05) is 12.4 Å². The van der Waals surface area contributed by atoms with Crippen molar-refractivity contribution in [2.45, 2.75) is 19.9 Å². The summed E-state index contributed by atoms with van der Waals surface area (Å²) in [5, 5.41) is 21.2. The van der Waals surface area contributed by atoms with Crippen LogP contribution in [0.4, 0.5) is 11.4 Å². The summed E-state index contributed by atoms with van der Waals surface area (Å²) in [5.41, 5.74) is 0.532. The van der Waals surface area contributed by atoms with Gasteiger partial charge in [-0.2, -0.15) is 10.2 Å². The number of hydrogen-bond acceptors (Lipinski definition) is 7. The molecule has 2 rings (SSSR count). The summed E-state index contributed by atoms with van der Waals surface area (Å²) in [5.74, 6) is -1.01. The van der Waals surface area contributed by atoms with Crippen molar-refractivity contribution in [1.29, 1.82) is 0 Å². The van der Waals surface area contributed by atoms with Gasteiger partial charge in [-0.05, 0) is 6.92 Å². The maximum Gasteiger partial charge on any atom is 0.358 e. The topological polar surface area (TPSA) is 134 Å². The first-order valence-corrected chi connectivity index (χ1v) is 6.92. The van der Waals surface area contributed by atoms with Gasteiger partial charge >= 0.3 is 11.7 Å². The predicted octanol–water partition coefficient (Wildman–Crippen LogP) is 0.649. The number of carbonyl (C=O) groups is 2. The van der Waals surface area contributed by atoms with Gasteiger partial charge in [0.1, 0.15) is 11.9 Å². The third kappa shape index (κ3) is 3.56. The number of rotatable bonds is 6. The van der Waals surface area contributed by atoms with Crippen LogP contribution in [-0.2, 0) is 23.1 Å². The van der Waals surface area contributed by atoms with Gasteiger partial charge in [0.15, 0.2) is 5.69 Å². The Kier molecular flexibility index (Phi) is 4.92. The van der Waals surface area contributed by atoms with E-state index in [1.165, 1.54) is 35.8 Å². The second-order valence-electron chi connectivity index (χ2n) is 4.94. The second-order valence-corrected chi connectivity index (χ2v) is 4.94. The standard InChI is InChI=1S/C13H16N6O5/c1-8-10(19(22)23)7-18(16-8)5-4-11(20)15-9-6-14-17(2)12(9)13(21)24-3/h6-7H,4-5H2,1-3H3,(H,15,20). The van der Waals surface area contributed by atoms with Crippen LogP contribution in [0.25, 0.3) is 0 Å². The molecule has 0 fully saturated rings. The first kappa shape index (κ1) is 17.1. The van der Waals surface area contributed by atoms with Crippen LogP contribution >= 0.6 is 0 Å². The van der Waals surface area contributed by atoms with E-state index in [1.807, 2.05) is 0 Å². The molecule has 2 heterocycles. The highest BCUT2D eigenvalue weighted by Gasteiger charge is 2.20. The zero-order valence-electron chi connectivity index (χ0n) is 13.3. The number of nitrogens with one attached hydrogen (secondary N) is 1. The van der Waals surface area contributed by atoms with Crippen molar-refractivity contribution in [1.82, 2.24) is 19.6 Å². The summed E-state index contributed by atoms with van der Waals surface area (Å²) < 4.78 is 7.26. The van der Waals surface area contributed by atoms with E-state index in [0.717, 1.165) is 0 Å². The quantitative estimate of drug-likeness (QED) is 0.465. The van der Waals surface area contributed by atoms with Crippen molar-refractivity contribution < 1.29 is 19.2 Å². The summed E-state index contributed by atoms with van der Waals surface area (Å²) in [6.07, 6.45) is 2.63. The number of ether oxygens (including phenoxy) is 1. The summed E-state index contributed by atoms with van der Waals surface area (Å²) in [6, 6.07) is 0. The molecule has 0 unspecified atom stereocenters. The number of nitrogens with zero attached hydrogens (tertiary/aromatic N) is 5. The molecule has 0 aliphatic rings. The molecule has 0 aliphatic carbocycles. The molecule has 11 heteroatoms. The van der Waals surface area contributed by atoms with E-state index < -0.39 is 10.9 Å².